The van der Waals surface area contributed by atoms with Crippen LogP contribution in [0.4, 0.5) is 11.4 Å². The molecule has 0 aromatic heterocycles. The van der Waals surface area contributed by atoms with Crippen LogP contribution in [-0.2, 0) is 9.59 Å². The minimum absolute atomic E-state index is 0.0904. The molecule has 0 spiro atoms. The number of hydrogen-bond acceptors (Lipinski definition) is 2. The van der Waals surface area contributed by atoms with Gasteiger partial charge in [-0.15, -0.1) is 0 Å². The minimum Gasteiger partial charge on any atom is -0.323 e. The lowest BCUT2D eigenvalue weighted by molar-refractivity contribution is -0.117. The zero-order chi connectivity index (χ0) is 18.6. The third kappa shape index (κ3) is 5.11. The van der Waals surface area contributed by atoms with Crippen molar-refractivity contribution in [2.45, 2.75) is 20.3 Å². The molecule has 25 heavy (non-hydrogen) atoms. The molecule has 0 atom stereocenters. The first-order valence-corrected chi connectivity index (χ1v) is 8.71. The molecule has 0 aliphatic heterocycles. The van der Waals surface area contributed by atoms with Crippen LogP contribution in [-0.4, -0.2) is 18.4 Å². The maximum Gasteiger partial charge on any atom is 0.226 e. The number of aryl methyl sites for hydroxylation is 1. The lowest BCUT2D eigenvalue weighted by Gasteiger charge is -2.23. The summed E-state index contributed by atoms with van der Waals surface area (Å²) in [4.78, 5) is 25.8. The quantitative estimate of drug-likeness (QED) is 0.738. The number of halogens is 3. The summed E-state index contributed by atoms with van der Waals surface area (Å²) in [5.41, 5.74) is 1.95. The van der Waals surface area contributed by atoms with E-state index in [1.165, 1.54) is 11.8 Å². The Kier molecular flexibility index (Phi) is 6.71. The highest BCUT2D eigenvalue weighted by atomic mass is 35.5. The topological polar surface area (TPSA) is 49.4 Å². The zero-order valence-electron chi connectivity index (χ0n) is 13.8. The Hall–Kier alpha value is -1.75. The highest BCUT2D eigenvalue weighted by Gasteiger charge is 2.17. The molecule has 0 aliphatic carbocycles. The summed E-state index contributed by atoms with van der Waals surface area (Å²) in [6.07, 6.45) is 0.0904. The van der Waals surface area contributed by atoms with Crippen molar-refractivity contribution in [3.63, 3.8) is 0 Å². The molecule has 0 aliphatic rings. The van der Waals surface area contributed by atoms with Crippen LogP contribution >= 0.6 is 34.8 Å². The lowest BCUT2D eigenvalue weighted by atomic mass is 10.1. The first-order chi connectivity index (χ1) is 11.8. The second-order valence-electron chi connectivity index (χ2n) is 5.50. The van der Waals surface area contributed by atoms with Gasteiger partial charge in [-0.1, -0.05) is 46.9 Å². The number of nitrogens with one attached hydrogen (secondary N) is 1. The zero-order valence-corrected chi connectivity index (χ0v) is 16.0. The van der Waals surface area contributed by atoms with Crippen LogP contribution in [0.25, 0.3) is 0 Å². The second kappa shape index (κ2) is 8.56. The number of carbonyl (C=O) groups excluding carboxylic acids is 2. The summed E-state index contributed by atoms with van der Waals surface area (Å²) < 4.78 is 0. The van der Waals surface area contributed by atoms with Crippen molar-refractivity contribution in [3.05, 3.63) is 57.0 Å². The van der Waals surface area contributed by atoms with E-state index in [-0.39, 0.29) is 24.8 Å². The number of nitrogens with zero attached hydrogens (tertiary/aromatic N) is 1. The molecule has 0 radical (unpaired) electrons. The predicted octanol–water partition coefficient (Wildman–Crippen LogP) is 5.34. The molecule has 0 unspecified atom stereocenters. The third-order valence-corrected chi connectivity index (χ3v) is 4.50. The van der Waals surface area contributed by atoms with Gasteiger partial charge in [0.05, 0.1) is 15.7 Å². The van der Waals surface area contributed by atoms with Crippen molar-refractivity contribution in [1.82, 2.24) is 0 Å². The van der Waals surface area contributed by atoms with Crippen molar-refractivity contribution < 1.29 is 9.59 Å². The normalized spacial score (nSPS) is 10.4. The number of amides is 2. The lowest BCUT2D eigenvalue weighted by Crippen LogP contribution is -2.32. The van der Waals surface area contributed by atoms with Crippen molar-refractivity contribution in [3.8, 4) is 0 Å². The summed E-state index contributed by atoms with van der Waals surface area (Å²) in [7, 11) is 0. The molecule has 0 bridgehead atoms. The van der Waals surface area contributed by atoms with E-state index in [9.17, 15) is 9.59 Å². The van der Waals surface area contributed by atoms with Crippen LogP contribution in [0.3, 0.4) is 0 Å². The molecule has 2 aromatic rings. The Labute approximate surface area is 161 Å². The van der Waals surface area contributed by atoms with Crippen LogP contribution in [0.1, 0.15) is 18.9 Å². The molecule has 2 aromatic carbocycles. The molecule has 2 amide bonds. The van der Waals surface area contributed by atoms with Gasteiger partial charge in [-0.2, -0.15) is 0 Å². The molecule has 0 fully saturated rings. The van der Waals surface area contributed by atoms with Crippen LogP contribution < -0.4 is 10.2 Å². The summed E-state index contributed by atoms with van der Waals surface area (Å²) in [5, 5.41) is 3.92. The number of rotatable bonds is 5. The Balaban J connectivity index is 2.10. The van der Waals surface area contributed by atoms with Gasteiger partial charge in [0.25, 0.3) is 0 Å². The maximum absolute atomic E-state index is 12.2. The average Bonchev–Trinajstić information content (AvgIpc) is 2.54. The Morgan fingerprint density at radius 2 is 1.72 bits per heavy atom. The molecule has 7 heteroatoms. The van der Waals surface area contributed by atoms with Gasteiger partial charge < -0.3 is 10.2 Å². The first kappa shape index (κ1) is 19.6. The summed E-state index contributed by atoms with van der Waals surface area (Å²) in [6.45, 7) is 3.54. The average molecular weight is 400 g/mol. The van der Waals surface area contributed by atoms with Gasteiger partial charge in [0.15, 0.2) is 0 Å². The van der Waals surface area contributed by atoms with E-state index in [0.29, 0.717) is 26.4 Å². The van der Waals surface area contributed by atoms with Gasteiger partial charge in [-0.05, 0) is 36.8 Å². The Morgan fingerprint density at radius 3 is 2.32 bits per heavy atom. The molecule has 0 saturated carbocycles. The van der Waals surface area contributed by atoms with E-state index in [1.54, 1.807) is 30.3 Å². The Morgan fingerprint density at radius 1 is 1.08 bits per heavy atom. The van der Waals surface area contributed by atoms with E-state index in [0.717, 1.165) is 5.56 Å². The molecule has 132 valence electrons. The van der Waals surface area contributed by atoms with Crippen molar-refractivity contribution in [2.24, 2.45) is 0 Å². The minimum atomic E-state index is -0.291. The largest absolute Gasteiger partial charge is 0.323 e. The smallest absolute Gasteiger partial charge is 0.226 e. The Bertz CT molecular complexity index is 789. The number of para-hydroxylation sites is 1. The van der Waals surface area contributed by atoms with E-state index in [1.807, 2.05) is 13.0 Å². The standard InChI is InChI=1S/C18H17Cl3N2O2/c1-11-6-7-13(19)10-16(11)23(12(2)24)9-8-17(25)22-18-14(20)4-3-5-15(18)21/h3-7,10H,8-9H2,1-2H3,(H,22,25). The van der Waals surface area contributed by atoms with E-state index >= 15 is 0 Å². The summed E-state index contributed by atoms with van der Waals surface area (Å²) in [5.74, 6) is -0.463. The predicted molar refractivity (Wildman–Crippen MR) is 104 cm³/mol. The third-order valence-electron chi connectivity index (χ3n) is 3.63. The van der Waals surface area contributed by atoms with Gasteiger partial charge in [0.2, 0.25) is 11.8 Å². The van der Waals surface area contributed by atoms with Crippen molar-refractivity contribution >= 4 is 58.0 Å². The van der Waals surface area contributed by atoms with Crippen LogP contribution in [0.15, 0.2) is 36.4 Å². The molecule has 1 N–H and O–H groups in total. The fourth-order valence-electron chi connectivity index (χ4n) is 2.35. The van der Waals surface area contributed by atoms with Crippen LogP contribution in [0, 0.1) is 6.92 Å². The molecule has 2 rings (SSSR count). The molecular formula is C18H17Cl3N2O2. The fourth-order valence-corrected chi connectivity index (χ4v) is 3.01. The van der Waals surface area contributed by atoms with Gasteiger partial charge in [0.1, 0.15) is 0 Å². The fraction of sp³-hybridized carbons (Fsp3) is 0.222. The van der Waals surface area contributed by atoms with Gasteiger partial charge >= 0.3 is 0 Å². The maximum atomic E-state index is 12.2. The van der Waals surface area contributed by atoms with Crippen LogP contribution in [0.2, 0.25) is 15.1 Å². The number of hydrogen-bond donors (Lipinski definition) is 1. The van der Waals surface area contributed by atoms with Gasteiger partial charge in [-0.25, -0.2) is 0 Å². The SMILES string of the molecule is CC(=O)N(CCC(=O)Nc1c(Cl)cccc1Cl)c1cc(Cl)ccc1C. The monoisotopic (exact) mass is 398 g/mol. The van der Waals surface area contributed by atoms with Crippen molar-refractivity contribution in [2.75, 3.05) is 16.8 Å². The molecule has 0 heterocycles. The van der Waals surface area contributed by atoms with E-state index in [4.69, 9.17) is 34.8 Å². The van der Waals surface area contributed by atoms with Crippen molar-refractivity contribution in [1.29, 1.82) is 0 Å². The molecule has 4 nitrogen and oxygen atoms in total. The van der Waals surface area contributed by atoms with Gasteiger partial charge in [0, 0.05) is 30.6 Å². The van der Waals surface area contributed by atoms with E-state index < -0.39 is 0 Å². The molecule has 0 saturated heterocycles. The van der Waals surface area contributed by atoms with E-state index in [2.05, 4.69) is 5.32 Å². The first-order valence-electron chi connectivity index (χ1n) is 7.57. The number of carbonyl (C=O) groups is 2. The number of benzene rings is 2. The summed E-state index contributed by atoms with van der Waals surface area (Å²) >= 11 is 18.1. The molecular weight excluding hydrogens is 383 g/mol. The number of anilines is 2. The second-order valence-corrected chi connectivity index (χ2v) is 6.75. The highest BCUT2D eigenvalue weighted by molar-refractivity contribution is 6.39. The highest BCUT2D eigenvalue weighted by Crippen LogP contribution is 2.30. The van der Waals surface area contributed by atoms with Gasteiger partial charge in [-0.3, -0.25) is 9.59 Å². The summed E-state index contributed by atoms with van der Waals surface area (Å²) in [6, 6.07) is 10.3. The van der Waals surface area contributed by atoms with Crippen LogP contribution in [0.5, 0.6) is 0 Å².